The van der Waals surface area contributed by atoms with E-state index in [0.29, 0.717) is 29.5 Å². The predicted octanol–water partition coefficient (Wildman–Crippen LogP) is 5.36. The molecule has 0 aliphatic rings. The number of rotatable bonds is 11. The van der Waals surface area contributed by atoms with Crippen molar-refractivity contribution in [3.8, 4) is 28.4 Å². The number of methoxy groups -OCH3 is 1. The van der Waals surface area contributed by atoms with Gasteiger partial charge in [0.25, 0.3) is 0 Å². The van der Waals surface area contributed by atoms with Gasteiger partial charge in [0.2, 0.25) is 15.9 Å². The van der Waals surface area contributed by atoms with Crippen LogP contribution >= 0.6 is 11.3 Å². The highest BCUT2D eigenvalue weighted by Crippen LogP contribution is 2.36. The van der Waals surface area contributed by atoms with Crippen LogP contribution in [0.1, 0.15) is 41.7 Å². The van der Waals surface area contributed by atoms with Crippen LogP contribution in [0.25, 0.3) is 22.5 Å². The Morgan fingerprint density at radius 3 is 2.32 bits per heavy atom. The van der Waals surface area contributed by atoms with Gasteiger partial charge in [0.1, 0.15) is 15.7 Å². The highest BCUT2D eigenvalue weighted by Gasteiger charge is 2.23. The van der Waals surface area contributed by atoms with Crippen molar-refractivity contribution in [3.63, 3.8) is 0 Å². The normalized spacial score (nSPS) is 12.6. The summed E-state index contributed by atoms with van der Waals surface area (Å²) in [4.78, 5) is 17.7. The van der Waals surface area contributed by atoms with Gasteiger partial charge in [-0.25, -0.2) is 13.6 Å². The number of nitrogens with zero attached hydrogens (tertiary/aromatic N) is 2. The van der Waals surface area contributed by atoms with Crippen LogP contribution in [-0.2, 0) is 27.7 Å². The van der Waals surface area contributed by atoms with E-state index in [1.165, 1.54) is 18.4 Å². The van der Waals surface area contributed by atoms with E-state index in [0.717, 1.165) is 34.3 Å². The van der Waals surface area contributed by atoms with Crippen LogP contribution in [0.5, 0.6) is 5.88 Å². The van der Waals surface area contributed by atoms with E-state index in [9.17, 15) is 13.2 Å². The number of imidazole rings is 1. The zero-order valence-electron chi connectivity index (χ0n) is 21.7. The van der Waals surface area contributed by atoms with E-state index in [-0.39, 0.29) is 10.1 Å². The molecule has 200 valence electrons. The van der Waals surface area contributed by atoms with Gasteiger partial charge in [-0.3, -0.25) is 4.79 Å². The van der Waals surface area contributed by atoms with Crippen LogP contribution in [0.15, 0.2) is 64.9 Å². The van der Waals surface area contributed by atoms with Crippen molar-refractivity contribution in [1.29, 1.82) is 0 Å². The Bertz CT molecular complexity index is 1510. The molecule has 2 aromatic heterocycles. The molecule has 0 radical (unpaired) electrons. The average molecular weight is 554 g/mol. The number of carbonyl (C=O) groups excluding carboxylic acids is 1. The molecule has 4 aromatic rings. The Labute approximate surface area is 227 Å². The third kappa shape index (κ3) is 6.21. The summed E-state index contributed by atoms with van der Waals surface area (Å²) in [5, 5.41) is 5.54. The second-order valence-electron chi connectivity index (χ2n) is 9.37. The van der Waals surface area contributed by atoms with Crippen molar-refractivity contribution in [2.24, 2.45) is 11.1 Å². The molecule has 0 spiro atoms. The topological polar surface area (TPSA) is 114 Å². The molecule has 0 bridgehead atoms. The zero-order valence-corrected chi connectivity index (χ0v) is 23.4. The molecule has 1 unspecified atom stereocenters. The van der Waals surface area contributed by atoms with E-state index in [2.05, 4.69) is 18.8 Å². The summed E-state index contributed by atoms with van der Waals surface area (Å²) in [5.74, 6) is 1.17. The molecule has 38 heavy (non-hydrogen) atoms. The molecule has 1 atom stereocenters. The molecule has 0 amide bonds. The van der Waals surface area contributed by atoms with Crippen molar-refractivity contribution in [2.45, 2.75) is 44.2 Å². The molecule has 0 saturated carbocycles. The Morgan fingerprint density at radius 1 is 1.05 bits per heavy atom. The molecular formula is C28H31N3O5S2. The minimum Gasteiger partial charge on any atom is -0.446 e. The number of thiophene rings is 1. The molecule has 0 aliphatic heterocycles. The van der Waals surface area contributed by atoms with Crippen molar-refractivity contribution in [3.05, 3.63) is 76.8 Å². The van der Waals surface area contributed by atoms with E-state index >= 15 is 0 Å². The summed E-state index contributed by atoms with van der Waals surface area (Å²) < 4.78 is 37.5. The van der Waals surface area contributed by atoms with E-state index < -0.39 is 16.3 Å². The summed E-state index contributed by atoms with van der Waals surface area (Å²) in [7, 11) is -2.35. The maximum Gasteiger partial charge on any atom is 0.248 e. The van der Waals surface area contributed by atoms with Crippen molar-refractivity contribution in [2.75, 3.05) is 7.11 Å². The molecule has 0 aliphatic carbocycles. The first-order valence-corrected chi connectivity index (χ1v) is 14.5. The Kier molecular flexibility index (Phi) is 8.47. The molecule has 2 aromatic carbocycles. The van der Waals surface area contributed by atoms with Crippen molar-refractivity contribution < 1.29 is 22.7 Å². The Balaban J connectivity index is 1.72. The monoisotopic (exact) mass is 553 g/mol. The standard InChI is InChI=1S/C28H31N3O5S2/c1-18(2)14-23-15-24(28(37-23)38(29,33)34)21-12-10-20(11-13-21)16-31-25(17-32)27(36-19(3)35-4)30-26(31)22-8-6-5-7-9-22/h5-13,15,17-19H,14,16H2,1-4H3,(H2,29,33,34). The minimum absolute atomic E-state index is 0.166. The largest absolute Gasteiger partial charge is 0.446 e. The van der Waals surface area contributed by atoms with Gasteiger partial charge in [-0.1, -0.05) is 68.4 Å². The second-order valence-corrected chi connectivity index (χ2v) is 12.3. The number of aromatic nitrogens is 2. The smallest absolute Gasteiger partial charge is 0.248 e. The van der Waals surface area contributed by atoms with Crippen LogP contribution in [0.4, 0.5) is 0 Å². The lowest BCUT2D eigenvalue weighted by Gasteiger charge is -2.12. The number of hydrogen-bond acceptors (Lipinski definition) is 7. The number of carbonyl (C=O) groups is 1. The van der Waals surface area contributed by atoms with Gasteiger partial charge < -0.3 is 14.0 Å². The molecule has 8 nitrogen and oxygen atoms in total. The fourth-order valence-corrected chi connectivity index (χ4v) is 6.52. The third-order valence-electron chi connectivity index (χ3n) is 5.95. The predicted molar refractivity (Wildman–Crippen MR) is 149 cm³/mol. The minimum atomic E-state index is -3.87. The molecule has 2 heterocycles. The fraction of sp³-hybridized carbons (Fsp3) is 0.286. The van der Waals surface area contributed by atoms with Gasteiger partial charge in [-0.2, -0.15) is 4.98 Å². The van der Waals surface area contributed by atoms with Crippen LogP contribution < -0.4 is 9.88 Å². The van der Waals surface area contributed by atoms with Gasteiger partial charge in [0.05, 0.1) is 0 Å². The number of primary sulfonamides is 1. The quantitative estimate of drug-likeness (QED) is 0.198. The lowest BCUT2D eigenvalue weighted by molar-refractivity contribution is -0.0410. The number of benzene rings is 2. The van der Waals surface area contributed by atoms with Crippen molar-refractivity contribution >= 4 is 27.6 Å². The van der Waals surface area contributed by atoms with E-state index in [4.69, 9.17) is 14.6 Å². The summed E-state index contributed by atoms with van der Waals surface area (Å²) in [6.07, 6.45) is 0.916. The maximum absolute atomic E-state index is 12.3. The third-order valence-corrected chi connectivity index (χ3v) is 8.58. The Hall–Kier alpha value is -3.31. The first-order valence-electron chi connectivity index (χ1n) is 12.2. The van der Waals surface area contributed by atoms with Gasteiger partial charge in [0.15, 0.2) is 12.6 Å². The van der Waals surface area contributed by atoms with E-state index in [1.54, 1.807) is 11.5 Å². The summed E-state index contributed by atoms with van der Waals surface area (Å²) in [5.41, 5.74) is 3.38. The van der Waals surface area contributed by atoms with Crippen molar-refractivity contribution in [1.82, 2.24) is 9.55 Å². The van der Waals surface area contributed by atoms with E-state index in [1.807, 2.05) is 60.7 Å². The molecule has 0 saturated heterocycles. The van der Waals surface area contributed by atoms with Gasteiger partial charge >= 0.3 is 0 Å². The average Bonchev–Trinajstić information content (AvgIpc) is 3.46. The van der Waals surface area contributed by atoms with Crippen LogP contribution in [-0.4, -0.2) is 37.7 Å². The SMILES string of the molecule is COC(C)Oc1nc(-c2ccccc2)n(Cc2ccc(-c3cc(CC(C)C)sc3S(N)(=O)=O)cc2)c1C=O. The van der Waals surface area contributed by atoms with Gasteiger partial charge in [-0.05, 0) is 36.5 Å². The van der Waals surface area contributed by atoms with Crippen LogP contribution in [0.3, 0.4) is 0 Å². The van der Waals surface area contributed by atoms with Gasteiger partial charge in [0, 0.05) is 29.7 Å². The highest BCUT2D eigenvalue weighted by atomic mass is 32.2. The van der Waals surface area contributed by atoms with Crippen LogP contribution in [0, 0.1) is 5.92 Å². The second kappa shape index (κ2) is 11.6. The number of sulfonamides is 1. The van der Waals surface area contributed by atoms with Crippen LogP contribution in [0.2, 0.25) is 0 Å². The van der Waals surface area contributed by atoms with Gasteiger partial charge in [-0.15, -0.1) is 11.3 Å². The molecule has 2 N–H and O–H groups in total. The molecule has 10 heteroatoms. The number of ether oxygens (including phenoxy) is 2. The molecular weight excluding hydrogens is 522 g/mol. The lowest BCUT2D eigenvalue weighted by Crippen LogP contribution is -2.15. The molecule has 4 rings (SSSR count). The summed E-state index contributed by atoms with van der Waals surface area (Å²) in [6.45, 7) is 6.25. The Morgan fingerprint density at radius 2 is 1.74 bits per heavy atom. The lowest BCUT2D eigenvalue weighted by atomic mass is 10.0. The highest BCUT2D eigenvalue weighted by molar-refractivity contribution is 7.91. The fourth-order valence-electron chi connectivity index (χ4n) is 4.13. The first kappa shape index (κ1) is 27.7. The number of hydrogen-bond donors (Lipinski definition) is 1. The zero-order chi connectivity index (χ0) is 27.4. The summed E-state index contributed by atoms with van der Waals surface area (Å²) in [6, 6.07) is 19.0. The number of nitrogens with two attached hydrogens (primary N) is 1. The molecule has 0 fully saturated rings. The maximum atomic E-state index is 12.3. The number of aldehydes is 1. The first-order chi connectivity index (χ1) is 18.1. The summed E-state index contributed by atoms with van der Waals surface area (Å²) >= 11 is 1.22.